The number of aliphatic hydroxyl groups excluding tert-OH is 6. The number of rotatable bonds is 6. The third kappa shape index (κ3) is 5.45. The molecule has 2 fully saturated rings. The molecule has 2 aliphatic rings. The molecule has 2 saturated heterocycles. The van der Waals surface area contributed by atoms with E-state index in [1.807, 2.05) is 0 Å². The molecule has 2 aromatic carbocycles. The molecular formula is C27H30O17. The first-order valence-electron chi connectivity index (χ1n) is 13.2. The van der Waals surface area contributed by atoms with Crippen LogP contribution in [0.1, 0.15) is 6.92 Å². The van der Waals surface area contributed by atoms with Gasteiger partial charge in [-0.15, -0.1) is 0 Å². The molecule has 0 aliphatic carbocycles. The summed E-state index contributed by atoms with van der Waals surface area (Å²) in [6.07, 6.45) is -15.7. The van der Waals surface area contributed by atoms with E-state index in [2.05, 4.69) is 0 Å². The Balaban J connectivity index is 1.39. The first-order chi connectivity index (χ1) is 20.7. The molecule has 17 heteroatoms. The van der Waals surface area contributed by atoms with Crippen LogP contribution in [0.15, 0.2) is 33.5 Å². The average molecular weight is 627 g/mol. The molecule has 44 heavy (non-hydrogen) atoms. The average Bonchev–Trinajstić information content (AvgIpc) is 2.97. The van der Waals surface area contributed by atoms with Crippen LogP contribution in [0.5, 0.6) is 34.5 Å². The van der Waals surface area contributed by atoms with E-state index in [-0.39, 0.29) is 16.9 Å². The quantitative estimate of drug-likeness (QED) is 0.132. The Morgan fingerprint density at radius 3 is 2.02 bits per heavy atom. The fourth-order valence-corrected chi connectivity index (χ4v) is 5.02. The van der Waals surface area contributed by atoms with Gasteiger partial charge in [-0.2, -0.15) is 0 Å². The van der Waals surface area contributed by atoms with Crippen LogP contribution in [0, 0.1) is 0 Å². The summed E-state index contributed by atoms with van der Waals surface area (Å²) in [5, 5.41) is 111. The summed E-state index contributed by atoms with van der Waals surface area (Å²) in [6, 6.07) is 3.83. The Morgan fingerprint density at radius 2 is 1.39 bits per heavy atom. The monoisotopic (exact) mass is 626 g/mol. The number of aliphatic hydroxyl groups is 6. The second kappa shape index (κ2) is 11.9. The lowest BCUT2D eigenvalue weighted by atomic mass is 9.97. The van der Waals surface area contributed by atoms with Gasteiger partial charge in [0, 0.05) is 17.7 Å². The lowest BCUT2D eigenvalue weighted by Crippen LogP contribution is -2.64. The molecule has 0 radical (unpaired) electrons. The van der Waals surface area contributed by atoms with Gasteiger partial charge in [-0.3, -0.25) is 4.79 Å². The number of fused-ring (bicyclic) bond motifs is 1. The highest BCUT2D eigenvalue weighted by molar-refractivity contribution is 5.88. The Morgan fingerprint density at radius 1 is 0.750 bits per heavy atom. The Labute approximate surface area is 246 Å². The minimum Gasteiger partial charge on any atom is -0.507 e. The van der Waals surface area contributed by atoms with Crippen molar-refractivity contribution >= 4 is 11.0 Å². The zero-order valence-electron chi connectivity index (χ0n) is 22.7. The lowest BCUT2D eigenvalue weighted by molar-refractivity contribution is -0.348. The number of phenols is 4. The van der Waals surface area contributed by atoms with Crippen LogP contribution in [-0.2, 0) is 14.2 Å². The van der Waals surface area contributed by atoms with Crippen molar-refractivity contribution in [2.45, 2.75) is 68.3 Å². The van der Waals surface area contributed by atoms with Crippen molar-refractivity contribution in [1.82, 2.24) is 0 Å². The van der Waals surface area contributed by atoms with E-state index in [0.717, 1.165) is 24.3 Å². The van der Waals surface area contributed by atoms with Crippen LogP contribution in [-0.4, -0.2) is 124 Å². The summed E-state index contributed by atoms with van der Waals surface area (Å²) in [7, 11) is 0. The van der Waals surface area contributed by atoms with Crippen molar-refractivity contribution in [3.05, 3.63) is 34.5 Å². The maximum atomic E-state index is 12.9. The van der Waals surface area contributed by atoms with Crippen LogP contribution in [0.2, 0.25) is 0 Å². The standard InChI is InChI=1S/C27H30O17/c1-7-24(44-27-22(38)19(35)17(33)14(6-28)43-27)21(37)23(39)26(40-7)41-9-4-10(29)15-13(5-9)42-25(20(36)18(15)34)8-2-11(30)16(32)12(31)3-8/h2-5,7,14,17,19,21-24,26-33,35-39H,6H2,1H3. The number of benzene rings is 2. The van der Waals surface area contributed by atoms with Gasteiger partial charge >= 0.3 is 0 Å². The van der Waals surface area contributed by atoms with Gasteiger partial charge in [-0.05, 0) is 19.1 Å². The number of aromatic hydroxyl groups is 5. The number of hydrogen-bond acceptors (Lipinski definition) is 17. The highest BCUT2D eigenvalue weighted by Gasteiger charge is 2.50. The molecule has 0 bridgehead atoms. The molecule has 240 valence electrons. The van der Waals surface area contributed by atoms with E-state index in [1.165, 1.54) is 6.92 Å². The molecule has 10 unspecified atom stereocenters. The molecule has 0 amide bonds. The van der Waals surface area contributed by atoms with Crippen molar-refractivity contribution in [2.24, 2.45) is 0 Å². The number of phenolic OH excluding ortho intramolecular Hbond substituents is 4. The molecular weight excluding hydrogens is 596 g/mol. The summed E-state index contributed by atoms with van der Waals surface area (Å²) in [5.74, 6) is -4.92. The Kier molecular flexibility index (Phi) is 8.51. The van der Waals surface area contributed by atoms with Gasteiger partial charge in [-0.25, -0.2) is 0 Å². The minimum atomic E-state index is -1.83. The van der Waals surface area contributed by atoms with Gasteiger partial charge in [0.2, 0.25) is 17.5 Å². The van der Waals surface area contributed by atoms with E-state index >= 15 is 0 Å². The largest absolute Gasteiger partial charge is 0.507 e. The van der Waals surface area contributed by atoms with Gasteiger partial charge in [0.1, 0.15) is 65.2 Å². The van der Waals surface area contributed by atoms with Crippen LogP contribution in [0.4, 0.5) is 0 Å². The molecule has 11 N–H and O–H groups in total. The maximum absolute atomic E-state index is 12.9. The zero-order chi connectivity index (χ0) is 32.2. The maximum Gasteiger partial charge on any atom is 0.238 e. The molecule has 1 aromatic heterocycles. The third-order valence-electron chi connectivity index (χ3n) is 7.42. The van der Waals surface area contributed by atoms with Gasteiger partial charge in [0.05, 0.1) is 12.7 Å². The highest BCUT2D eigenvalue weighted by Crippen LogP contribution is 2.42. The smallest absolute Gasteiger partial charge is 0.238 e. The third-order valence-corrected chi connectivity index (χ3v) is 7.42. The van der Waals surface area contributed by atoms with Crippen LogP contribution in [0.3, 0.4) is 0 Å². The Bertz CT molecular complexity index is 1560. The van der Waals surface area contributed by atoms with Gasteiger partial charge < -0.3 is 79.5 Å². The Hall–Kier alpha value is -3.91. The summed E-state index contributed by atoms with van der Waals surface area (Å²) in [4.78, 5) is 12.9. The van der Waals surface area contributed by atoms with Gasteiger partial charge in [-0.1, -0.05) is 0 Å². The van der Waals surface area contributed by atoms with E-state index in [4.69, 9.17) is 23.4 Å². The first kappa shape index (κ1) is 31.5. The van der Waals surface area contributed by atoms with E-state index < -0.39 is 113 Å². The predicted octanol–water partition coefficient (Wildman–Crippen LogP) is -1.98. The van der Waals surface area contributed by atoms with Crippen LogP contribution >= 0.6 is 0 Å². The second-order valence-electron chi connectivity index (χ2n) is 10.4. The molecule has 3 aromatic rings. The molecule has 0 saturated carbocycles. The van der Waals surface area contributed by atoms with Crippen molar-refractivity contribution in [3.63, 3.8) is 0 Å². The van der Waals surface area contributed by atoms with E-state index in [0.29, 0.717) is 0 Å². The fraction of sp³-hybridized carbons (Fsp3) is 0.444. The molecule has 17 nitrogen and oxygen atoms in total. The minimum absolute atomic E-state index is 0.214. The van der Waals surface area contributed by atoms with E-state index in [1.54, 1.807) is 0 Å². The number of hydrogen-bond donors (Lipinski definition) is 11. The van der Waals surface area contributed by atoms with Crippen LogP contribution < -0.4 is 10.2 Å². The molecule has 0 spiro atoms. The summed E-state index contributed by atoms with van der Waals surface area (Å²) >= 11 is 0. The topological polar surface area (TPSA) is 290 Å². The summed E-state index contributed by atoms with van der Waals surface area (Å²) in [5.41, 5.74) is -1.66. The molecule has 2 aliphatic heterocycles. The van der Waals surface area contributed by atoms with Crippen LogP contribution in [0.25, 0.3) is 22.3 Å². The van der Waals surface area contributed by atoms with Crippen molar-refractivity contribution < 1.29 is 79.5 Å². The highest BCUT2D eigenvalue weighted by atomic mass is 16.7. The second-order valence-corrected chi connectivity index (χ2v) is 10.4. The van der Waals surface area contributed by atoms with Gasteiger partial charge in [0.25, 0.3) is 0 Å². The first-order valence-corrected chi connectivity index (χ1v) is 13.2. The van der Waals surface area contributed by atoms with Crippen molar-refractivity contribution in [3.8, 4) is 45.8 Å². The fourth-order valence-electron chi connectivity index (χ4n) is 5.02. The van der Waals surface area contributed by atoms with Crippen molar-refractivity contribution in [1.29, 1.82) is 0 Å². The summed E-state index contributed by atoms with van der Waals surface area (Å²) in [6.45, 7) is 0.691. The molecule has 3 heterocycles. The predicted molar refractivity (Wildman–Crippen MR) is 142 cm³/mol. The molecule has 5 rings (SSSR count). The van der Waals surface area contributed by atoms with Gasteiger partial charge in [0.15, 0.2) is 29.3 Å². The number of ether oxygens (including phenoxy) is 4. The normalized spacial score (nSPS) is 32.5. The van der Waals surface area contributed by atoms with E-state index in [9.17, 15) is 61.0 Å². The lowest BCUT2D eigenvalue weighted by Gasteiger charge is -2.45. The van der Waals surface area contributed by atoms with Crippen molar-refractivity contribution in [2.75, 3.05) is 6.61 Å². The summed E-state index contributed by atoms with van der Waals surface area (Å²) < 4.78 is 27.7. The molecule has 10 atom stereocenters. The SMILES string of the molecule is CC1OC(Oc2cc(O)c3c(=O)c(O)c(-c4cc(O)c(O)c(O)c4)oc3c2)C(O)C(O)C1OC1OC(CO)C(O)C(O)C1O. The zero-order valence-corrected chi connectivity index (χ0v) is 22.7.